The topological polar surface area (TPSA) is 38.0 Å². The van der Waals surface area contributed by atoms with Crippen molar-refractivity contribution in [3.8, 4) is 0 Å². The number of halogens is 1. The Morgan fingerprint density at radius 3 is 2.62 bits per heavy atom. The Bertz CT molecular complexity index is 339. The van der Waals surface area contributed by atoms with Crippen molar-refractivity contribution >= 4 is 0 Å². The van der Waals surface area contributed by atoms with Crippen molar-refractivity contribution in [2.24, 2.45) is 11.8 Å². The molecule has 0 heterocycles. The van der Waals surface area contributed by atoms with E-state index in [1.165, 1.54) is 6.07 Å². The fraction of sp³-hybridized carbons (Fsp3) is 0.538. The average Bonchev–Trinajstić information content (AvgIpc) is 2.25. The molecule has 0 aliphatic rings. The Balaban J connectivity index is 2.90. The van der Waals surface area contributed by atoms with Crippen LogP contribution in [0.3, 0.4) is 0 Å². The summed E-state index contributed by atoms with van der Waals surface area (Å²) in [5.74, 6) is 5.86. The van der Waals surface area contributed by atoms with E-state index in [1.54, 1.807) is 13.0 Å². The maximum Gasteiger partial charge on any atom is 0.126 e. The van der Waals surface area contributed by atoms with Crippen LogP contribution in [0, 0.1) is 18.7 Å². The van der Waals surface area contributed by atoms with Crippen LogP contribution in [0.5, 0.6) is 0 Å². The molecule has 2 atom stereocenters. The number of hydrogen-bond donors (Lipinski definition) is 2. The van der Waals surface area contributed by atoms with Crippen LogP contribution in [0.1, 0.15) is 43.9 Å². The second-order valence-corrected chi connectivity index (χ2v) is 4.42. The van der Waals surface area contributed by atoms with Crippen LogP contribution in [0.25, 0.3) is 0 Å². The Labute approximate surface area is 97.0 Å². The number of rotatable bonds is 5. The zero-order valence-corrected chi connectivity index (χ0v) is 10.3. The van der Waals surface area contributed by atoms with Crippen molar-refractivity contribution in [2.75, 3.05) is 0 Å². The fourth-order valence-corrected chi connectivity index (χ4v) is 2.07. The molecule has 1 aromatic rings. The molecule has 0 spiro atoms. The highest BCUT2D eigenvalue weighted by molar-refractivity contribution is 5.26. The van der Waals surface area contributed by atoms with Gasteiger partial charge in [0, 0.05) is 6.04 Å². The SMILES string of the molecule is CCCC(C)C(NN)c1ccc(F)c(C)c1. The zero-order valence-electron chi connectivity index (χ0n) is 10.3. The quantitative estimate of drug-likeness (QED) is 0.596. The normalized spacial score (nSPS) is 14.8. The molecule has 1 aromatic carbocycles. The zero-order chi connectivity index (χ0) is 12.1. The number of hydrogen-bond acceptors (Lipinski definition) is 2. The van der Waals surface area contributed by atoms with E-state index in [9.17, 15) is 4.39 Å². The van der Waals surface area contributed by atoms with Crippen LogP contribution in [0.15, 0.2) is 18.2 Å². The summed E-state index contributed by atoms with van der Waals surface area (Å²) in [5, 5.41) is 0. The fourth-order valence-electron chi connectivity index (χ4n) is 2.07. The number of hydrazine groups is 1. The molecule has 3 N–H and O–H groups in total. The van der Waals surface area contributed by atoms with E-state index in [2.05, 4.69) is 19.3 Å². The van der Waals surface area contributed by atoms with Crippen LogP contribution in [-0.4, -0.2) is 0 Å². The molecule has 2 unspecified atom stereocenters. The third kappa shape index (κ3) is 3.03. The van der Waals surface area contributed by atoms with Gasteiger partial charge < -0.3 is 0 Å². The maximum atomic E-state index is 13.2. The number of nitrogens with one attached hydrogen (secondary N) is 1. The summed E-state index contributed by atoms with van der Waals surface area (Å²) in [6, 6.07) is 5.28. The first kappa shape index (κ1) is 13.1. The molecule has 0 aliphatic heterocycles. The van der Waals surface area contributed by atoms with Crippen LogP contribution in [-0.2, 0) is 0 Å². The van der Waals surface area contributed by atoms with Crippen molar-refractivity contribution < 1.29 is 4.39 Å². The first-order chi connectivity index (χ1) is 7.60. The summed E-state index contributed by atoms with van der Waals surface area (Å²) in [6.07, 6.45) is 2.23. The summed E-state index contributed by atoms with van der Waals surface area (Å²) in [7, 11) is 0. The van der Waals surface area contributed by atoms with E-state index in [0.29, 0.717) is 11.5 Å². The lowest BCUT2D eigenvalue weighted by molar-refractivity contribution is 0.368. The predicted molar refractivity (Wildman–Crippen MR) is 65.3 cm³/mol. The lowest BCUT2D eigenvalue weighted by Gasteiger charge is -2.23. The molecule has 1 rings (SSSR count). The van der Waals surface area contributed by atoms with Crippen molar-refractivity contribution in [1.82, 2.24) is 5.43 Å². The van der Waals surface area contributed by atoms with Crippen LogP contribution >= 0.6 is 0 Å². The molecule has 2 nitrogen and oxygen atoms in total. The molecule has 0 saturated heterocycles. The molecule has 0 bridgehead atoms. The summed E-state index contributed by atoms with van der Waals surface area (Å²) in [4.78, 5) is 0. The van der Waals surface area contributed by atoms with Gasteiger partial charge >= 0.3 is 0 Å². The monoisotopic (exact) mass is 224 g/mol. The third-order valence-electron chi connectivity index (χ3n) is 3.03. The third-order valence-corrected chi connectivity index (χ3v) is 3.03. The molecule has 0 radical (unpaired) electrons. The molecular formula is C13H21FN2. The first-order valence-electron chi connectivity index (χ1n) is 5.82. The Hall–Kier alpha value is -0.930. The first-order valence-corrected chi connectivity index (χ1v) is 5.82. The molecule has 90 valence electrons. The molecule has 0 fully saturated rings. The molecule has 0 aromatic heterocycles. The highest BCUT2D eigenvalue weighted by Crippen LogP contribution is 2.25. The Morgan fingerprint density at radius 2 is 2.12 bits per heavy atom. The summed E-state index contributed by atoms with van der Waals surface area (Å²) >= 11 is 0. The largest absolute Gasteiger partial charge is 0.271 e. The van der Waals surface area contributed by atoms with Gasteiger partial charge in [0.25, 0.3) is 0 Å². The van der Waals surface area contributed by atoms with Gasteiger partial charge in [-0.25, -0.2) is 4.39 Å². The van der Waals surface area contributed by atoms with Gasteiger partial charge in [-0.1, -0.05) is 32.4 Å². The highest BCUT2D eigenvalue weighted by Gasteiger charge is 2.17. The minimum atomic E-state index is -0.164. The summed E-state index contributed by atoms with van der Waals surface area (Å²) in [6.45, 7) is 6.09. The van der Waals surface area contributed by atoms with E-state index in [-0.39, 0.29) is 11.9 Å². The van der Waals surface area contributed by atoms with Crippen molar-refractivity contribution in [3.05, 3.63) is 35.1 Å². The van der Waals surface area contributed by atoms with Gasteiger partial charge in [-0.05, 0) is 36.5 Å². The van der Waals surface area contributed by atoms with Gasteiger partial charge in [0.15, 0.2) is 0 Å². The van der Waals surface area contributed by atoms with Gasteiger partial charge in [0.1, 0.15) is 5.82 Å². The minimum Gasteiger partial charge on any atom is -0.271 e. The van der Waals surface area contributed by atoms with E-state index >= 15 is 0 Å². The summed E-state index contributed by atoms with van der Waals surface area (Å²) in [5.41, 5.74) is 4.55. The molecule has 0 aliphatic carbocycles. The van der Waals surface area contributed by atoms with Gasteiger partial charge in [0.2, 0.25) is 0 Å². The van der Waals surface area contributed by atoms with Crippen molar-refractivity contribution in [3.63, 3.8) is 0 Å². The minimum absolute atomic E-state index is 0.0965. The van der Waals surface area contributed by atoms with Gasteiger partial charge in [0.05, 0.1) is 0 Å². The Morgan fingerprint density at radius 1 is 1.44 bits per heavy atom. The van der Waals surface area contributed by atoms with E-state index in [1.807, 2.05) is 6.07 Å². The van der Waals surface area contributed by atoms with Crippen LogP contribution in [0.2, 0.25) is 0 Å². The van der Waals surface area contributed by atoms with Gasteiger partial charge in [-0.2, -0.15) is 0 Å². The summed E-state index contributed by atoms with van der Waals surface area (Å²) < 4.78 is 13.2. The average molecular weight is 224 g/mol. The number of aryl methyl sites for hydroxylation is 1. The van der Waals surface area contributed by atoms with Crippen molar-refractivity contribution in [1.29, 1.82) is 0 Å². The van der Waals surface area contributed by atoms with Crippen LogP contribution < -0.4 is 11.3 Å². The molecular weight excluding hydrogens is 203 g/mol. The highest BCUT2D eigenvalue weighted by atomic mass is 19.1. The molecule has 3 heteroatoms. The standard InChI is InChI=1S/C13H21FN2/c1-4-5-9(2)13(16-15)11-6-7-12(14)10(3)8-11/h6-9,13,16H,4-5,15H2,1-3H3. The molecule has 0 saturated carbocycles. The number of benzene rings is 1. The van der Waals surface area contributed by atoms with Crippen molar-refractivity contribution in [2.45, 2.75) is 39.7 Å². The van der Waals surface area contributed by atoms with E-state index in [0.717, 1.165) is 18.4 Å². The lowest BCUT2D eigenvalue weighted by atomic mass is 9.91. The van der Waals surface area contributed by atoms with Crippen LogP contribution in [0.4, 0.5) is 4.39 Å². The molecule has 0 amide bonds. The van der Waals surface area contributed by atoms with E-state index in [4.69, 9.17) is 5.84 Å². The molecule has 16 heavy (non-hydrogen) atoms. The van der Waals surface area contributed by atoms with Gasteiger partial charge in [-0.3, -0.25) is 11.3 Å². The maximum absolute atomic E-state index is 13.2. The number of nitrogens with two attached hydrogens (primary N) is 1. The second-order valence-electron chi connectivity index (χ2n) is 4.42. The smallest absolute Gasteiger partial charge is 0.126 e. The van der Waals surface area contributed by atoms with Gasteiger partial charge in [-0.15, -0.1) is 0 Å². The Kier molecular flexibility index (Phi) is 4.90. The lowest BCUT2D eigenvalue weighted by Crippen LogP contribution is -2.32. The second kappa shape index (κ2) is 5.97. The predicted octanol–water partition coefficient (Wildman–Crippen LogP) is 3.07. The van der Waals surface area contributed by atoms with E-state index < -0.39 is 0 Å².